The minimum Gasteiger partial charge on any atom is -0.348 e. The van der Waals surface area contributed by atoms with Crippen molar-refractivity contribution in [1.82, 2.24) is 15.1 Å². The summed E-state index contributed by atoms with van der Waals surface area (Å²) in [6.07, 6.45) is 0. The summed E-state index contributed by atoms with van der Waals surface area (Å²) in [5.41, 5.74) is -0.140. The van der Waals surface area contributed by atoms with Crippen molar-refractivity contribution in [3.63, 3.8) is 0 Å². The highest BCUT2D eigenvalue weighted by atomic mass is 16.6. The first-order valence-corrected chi connectivity index (χ1v) is 6.04. The Morgan fingerprint density at radius 1 is 1.47 bits per heavy atom. The van der Waals surface area contributed by atoms with E-state index in [0.29, 0.717) is 0 Å². The predicted molar refractivity (Wildman–Crippen MR) is 71.0 cm³/mol. The molecular weight excluding hydrogens is 248 g/mol. The van der Waals surface area contributed by atoms with Crippen molar-refractivity contribution in [2.45, 2.75) is 40.7 Å². The van der Waals surface area contributed by atoms with E-state index in [-0.39, 0.29) is 28.5 Å². The van der Waals surface area contributed by atoms with Crippen molar-refractivity contribution < 1.29 is 9.72 Å². The fourth-order valence-corrected chi connectivity index (χ4v) is 1.60. The van der Waals surface area contributed by atoms with E-state index in [1.165, 1.54) is 18.7 Å². The van der Waals surface area contributed by atoms with Gasteiger partial charge in [-0.1, -0.05) is 20.8 Å². The fourth-order valence-electron chi connectivity index (χ4n) is 1.60. The van der Waals surface area contributed by atoms with Gasteiger partial charge in [-0.3, -0.25) is 19.6 Å². The molecule has 1 atom stereocenters. The molecule has 0 aliphatic heterocycles. The Hall–Kier alpha value is -1.92. The molecule has 0 unspecified atom stereocenters. The summed E-state index contributed by atoms with van der Waals surface area (Å²) < 4.78 is 1.25. The number of carbonyl (C=O) groups excluding carboxylic acids is 1. The van der Waals surface area contributed by atoms with Crippen LogP contribution in [0.1, 0.15) is 43.9 Å². The zero-order valence-corrected chi connectivity index (χ0v) is 12.1. The quantitative estimate of drug-likeness (QED) is 0.668. The highest BCUT2D eigenvalue weighted by Gasteiger charge is 2.31. The van der Waals surface area contributed by atoms with Gasteiger partial charge in [-0.2, -0.15) is 5.10 Å². The van der Waals surface area contributed by atoms with Gasteiger partial charge in [0.25, 0.3) is 5.91 Å². The number of aryl methyl sites for hydroxylation is 2. The van der Waals surface area contributed by atoms with Crippen LogP contribution in [0.3, 0.4) is 0 Å². The van der Waals surface area contributed by atoms with Gasteiger partial charge in [0, 0.05) is 13.1 Å². The number of nitro groups is 1. The van der Waals surface area contributed by atoms with Crippen molar-refractivity contribution in [2.75, 3.05) is 0 Å². The number of hydrogen-bond acceptors (Lipinski definition) is 4. The van der Waals surface area contributed by atoms with Crippen LogP contribution >= 0.6 is 0 Å². The number of nitrogens with zero attached hydrogens (tertiary/aromatic N) is 3. The van der Waals surface area contributed by atoms with Gasteiger partial charge in [0.2, 0.25) is 5.69 Å². The SMILES string of the molecule is Cc1nn(C)c(C(=O)N[C@H](C)C(C)(C)C)c1[N+](=O)[O-]. The molecule has 1 aromatic rings. The van der Waals surface area contributed by atoms with Gasteiger partial charge in [0.15, 0.2) is 0 Å². The molecule has 1 rings (SSSR count). The molecule has 0 fully saturated rings. The average Bonchev–Trinajstić information content (AvgIpc) is 2.51. The smallest absolute Gasteiger partial charge is 0.322 e. The number of amides is 1. The molecule has 0 saturated heterocycles. The Kier molecular flexibility index (Phi) is 3.97. The second kappa shape index (κ2) is 4.99. The van der Waals surface area contributed by atoms with Crippen LogP contribution in [0.15, 0.2) is 0 Å². The molecule has 0 aliphatic carbocycles. The summed E-state index contributed by atoms with van der Waals surface area (Å²) in [7, 11) is 1.52. The van der Waals surface area contributed by atoms with E-state index in [0.717, 1.165) is 0 Å². The molecule has 1 heterocycles. The van der Waals surface area contributed by atoms with Crippen LogP contribution < -0.4 is 5.32 Å². The van der Waals surface area contributed by atoms with E-state index in [9.17, 15) is 14.9 Å². The van der Waals surface area contributed by atoms with Gasteiger partial charge < -0.3 is 5.32 Å². The maximum atomic E-state index is 12.2. The summed E-state index contributed by atoms with van der Waals surface area (Å²) in [6, 6.07) is -0.116. The first-order chi connectivity index (χ1) is 8.55. The van der Waals surface area contributed by atoms with Crippen molar-refractivity contribution in [3.05, 3.63) is 21.5 Å². The third-order valence-electron chi connectivity index (χ3n) is 3.23. The zero-order valence-electron chi connectivity index (χ0n) is 12.1. The minimum atomic E-state index is -0.570. The molecule has 0 radical (unpaired) electrons. The molecule has 1 aromatic heterocycles. The van der Waals surface area contributed by atoms with Gasteiger partial charge in [0.05, 0.1) is 4.92 Å². The van der Waals surface area contributed by atoms with E-state index >= 15 is 0 Å². The van der Waals surface area contributed by atoms with Crippen molar-refractivity contribution in [1.29, 1.82) is 0 Å². The highest BCUT2D eigenvalue weighted by molar-refractivity contribution is 5.97. The highest BCUT2D eigenvalue weighted by Crippen LogP contribution is 2.24. The monoisotopic (exact) mass is 268 g/mol. The first kappa shape index (κ1) is 15.1. The summed E-state index contributed by atoms with van der Waals surface area (Å²) in [4.78, 5) is 22.6. The maximum absolute atomic E-state index is 12.2. The van der Waals surface area contributed by atoms with E-state index in [1.54, 1.807) is 0 Å². The molecule has 1 N–H and O–H groups in total. The molecule has 7 heteroatoms. The Morgan fingerprint density at radius 2 is 2.00 bits per heavy atom. The lowest BCUT2D eigenvalue weighted by atomic mass is 9.88. The largest absolute Gasteiger partial charge is 0.348 e. The number of rotatable bonds is 3. The Morgan fingerprint density at radius 3 is 2.42 bits per heavy atom. The zero-order chi connectivity index (χ0) is 15.0. The fraction of sp³-hybridized carbons (Fsp3) is 0.667. The van der Waals surface area contributed by atoms with E-state index in [2.05, 4.69) is 10.4 Å². The number of carbonyl (C=O) groups is 1. The van der Waals surface area contributed by atoms with Crippen molar-refractivity contribution >= 4 is 11.6 Å². The van der Waals surface area contributed by atoms with Crippen LogP contribution in [0.4, 0.5) is 5.69 Å². The summed E-state index contributed by atoms with van der Waals surface area (Å²) in [5, 5.41) is 17.7. The molecule has 7 nitrogen and oxygen atoms in total. The molecule has 0 aromatic carbocycles. The number of hydrogen-bond donors (Lipinski definition) is 1. The maximum Gasteiger partial charge on any atom is 0.322 e. The van der Waals surface area contributed by atoms with Crippen LogP contribution in [0.25, 0.3) is 0 Å². The minimum absolute atomic E-state index is 0.0152. The van der Waals surface area contributed by atoms with E-state index < -0.39 is 10.8 Å². The third-order valence-corrected chi connectivity index (χ3v) is 3.23. The molecule has 0 aliphatic rings. The van der Waals surface area contributed by atoms with Crippen LogP contribution in [0.2, 0.25) is 0 Å². The van der Waals surface area contributed by atoms with Crippen LogP contribution in [0, 0.1) is 22.5 Å². The molecule has 0 bridgehead atoms. The Labute approximate surface area is 112 Å². The van der Waals surface area contributed by atoms with E-state index in [4.69, 9.17) is 0 Å². The molecular formula is C12H20N4O3. The third kappa shape index (κ3) is 3.10. The summed E-state index contributed by atoms with van der Waals surface area (Å²) in [5.74, 6) is -0.475. The lowest BCUT2D eigenvalue weighted by Crippen LogP contribution is -2.42. The second-order valence-corrected chi connectivity index (χ2v) is 5.72. The summed E-state index contributed by atoms with van der Waals surface area (Å²) in [6.45, 7) is 9.34. The second-order valence-electron chi connectivity index (χ2n) is 5.72. The van der Waals surface area contributed by atoms with Gasteiger partial charge in [-0.15, -0.1) is 0 Å². The number of nitrogens with one attached hydrogen (secondary N) is 1. The predicted octanol–water partition coefficient (Wildman–Crippen LogP) is 1.80. The van der Waals surface area contributed by atoms with E-state index in [1.807, 2.05) is 27.7 Å². The molecule has 19 heavy (non-hydrogen) atoms. The molecule has 1 amide bonds. The van der Waals surface area contributed by atoms with Crippen LogP contribution in [0.5, 0.6) is 0 Å². The van der Waals surface area contributed by atoms with Crippen LogP contribution in [-0.4, -0.2) is 26.7 Å². The standard InChI is InChI=1S/C12H20N4O3/c1-7-9(16(18)19)10(15(6)14-7)11(17)13-8(2)12(3,4)5/h8H,1-6H3,(H,13,17)/t8-/m1/s1. The normalized spacial score (nSPS) is 13.2. The van der Waals surface area contributed by atoms with Crippen molar-refractivity contribution in [3.8, 4) is 0 Å². The molecule has 0 saturated carbocycles. The molecule has 0 spiro atoms. The van der Waals surface area contributed by atoms with Gasteiger partial charge in [0.1, 0.15) is 5.69 Å². The number of aromatic nitrogens is 2. The lowest BCUT2D eigenvalue weighted by molar-refractivity contribution is -0.385. The van der Waals surface area contributed by atoms with Crippen molar-refractivity contribution in [2.24, 2.45) is 12.5 Å². The summed E-state index contributed by atoms with van der Waals surface area (Å²) >= 11 is 0. The van der Waals surface area contributed by atoms with Gasteiger partial charge >= 0.3 is 5.69 Å². The lowest BCUT2D eigenvalue weighted by Gasteiger charge is -2.27. The molecule has 106 valence electrons. The first-order valence-electron chi connectivity index (χ1n) is 6.04. The topological polar surface area (TPSA) is 90.1 Å². The van der Waals surface area contributed by atoms with Gasteiger partial charge in [-0.05, 0) is 19.3 Å². The van der Waals surface area contributed by atoms with Crippen LogP contribution in [-0.2, 0) is 7.05 Å². The Balaban J connectivity index is 3.11. The average molecular weight is 268 g/mol. The Bertz CT molecular complexity index is 514. The van der Waals surface area contributed by atoms with Gasteiger partial charge in [-0.25, -0.2) is 0 Å².